The van der Waals surface area contributed by atoms with Gasteiger partial charge in [0.05, 0.1) is 17.6 Å². The summed E-state index contributed by atoms with van der Waals surface area (Å²) in [6.45, 7) is 1.58. The normalized spacial score (nSPS) is 10.9. The Hall–Kier alpha value is -3.92. The average Bonchev–Trinajstić information content (AvgIpc) is 3.25. The topological polar surface area (TPSA) is 92.3 Å². The summed E-state index contributed by atoms with van der Waals surface area (Å²) in [4.78, 5) is 15.9. The van der Waals surface area contributed by atoms with Gasteiger partial charge in [-0.15, -0.1) is 0 Å². The SMILES string of the molecule is CC(=NNC(=O)COc1ccccc1C#N)c1ccc(-n2ccnc2)cc1. The summed E-state index contributed by atoms with van der Waals surface area (Å²) >= 11 is 0. The highest BCUT2D eigenvalue weighted by Crippen LogP contribution is 2.16. The minimum absolute atomic E-state index is 0.227. The van der Waals surface area contributed by atoms with Crippen LogP contribution in [0.1, 0.15) is 18.1 Å². The molecule has 0 aliphatic rings. The Kier molecular flexibility index (Phi) is 5.60. The van der Waals surface area contributed by atoms with Crippen LogP contribution < -0.4 is 10.2 Å². The van der Waals surface area contributed by atoms with Crippen LogP contribution in [0.25, 0.3) is 5.69 Å². The number of carbonyl (C=O) groups excluding carboxylic acids is 1. The minimum Gasteiger partial charge on any atom is -0.482 e. The number of nitrogens with one attached hydrogen (secondary N) is 1. The van der Waals surface area contributed by atoms with E-state index in [1.807, 2.05) is 41.1 Å². The first kappa shape index (κ1) is 17.9. The second-order valence-corrected chi connectivity index (χ2v) is 5.65. The summed E-state index contributed by atoms with van der Waals surface area (Å²) in [6.07, 6.45) is 5.30. The molecule has 0 fully saturated rings. The molecule has 0 spiro atoms. The van der Waals surface area contributed by atoms with Gasteiger partial charge < -0.3 is 9.30 Å². The van der Waals surface area contributed by atoms with Crippen molar-refractivity contribution in [3.05, 3.63) is 78.4 Å². The molecule has 0 aliphatic heterocycles. The number of imidazole rings is 1. The molecule has 0 saturated carbocycles. The van der Waals surface area contributed by atoms with Crippen LogP contribution in [0.2, 0.25) is 0 Å². The van der Waals surface area contributed by atoms with Crippen molar-refractivity contribution in [3.8, 4) is 17.5 Å². The van der Waals surface area contributed by atoms with E-state index in [2.05, 4.69) is 15.5 Å². The quantitative estimate of drug-likeness (QED) is 0.541. The largest absolute Gasteiger partial charge is 0.482 e. The molecule has 0 atom stereocenters. The van der Waals surface area contributed by atoms with Crippen LogP contribution in [0, 0.1) is 11.3 Å². The number of benzene rings is 2. The van der Waals surface area contributed by atoms with Crippen molar-refractivity contribution < 1.29 is 9.53 Å². The Labute approximate surface area is 156 Å². The van der Waals surface area contributed by atoms with E-state index in [1.54, 1.807) is 43.7 Å². The second kappa shape index (κ2) is 8.45. The van der Waals surface area contributed by atoms with Crippen LogP contribution in [0.15, 0.2) is 72.4 Å². The molecule has 134 valence electrons. The van der Waals surface area contributed by atoms with Crippen LogP contribution in [0.3, 0.4) is 0 Å². The Morgan fingerprint density at radius 3 is 2.74 bits per heavy atom. The lowest BCUT2D eigenvalue weighted by Crippen LogP contribution is -2.25. The number of hydrogen-bond donors (Lipinski definition) is 1. The van der Waals surface area contributed by atoms with E-state index >= 15 is 0 Å². The molecular formula is C20H17N5O2. The molecule has 3 rings (SSSR count). The molecule has 7 heteroatoms. The van der Waals surface area contributed by atoms with Gasteiger partial charge in [0.15, 0.2) is 6.61 Å². The Morgan fingerprint density at radius 1 is 1.26 bits per heavy atom. The highest BCUT2D eigenvalue weighted by Gasteiger charge is 2.06. The number of para-hydroxylation sites is 1. The molecule has 1 heterocycles. The molecule has 0 bridgehead atoms. The molecule has 27 heavy (non-hydrogen) atoms. The molecule has 1 N–H and O–H groups in total. The lowest BCUT2D eigenvalue weighted by atomic mass is 10.1. The molecule has 1 amide bonds. The van der Waals surface area contributed by atoms with Crippen LogP contribution in [0.5, 0.6) is 5.75 Å². The Morgan fingerprint density at radius 2 is 2.04 bits per heavy atom. The van der Waals surface area contributed by atoms with Crippen LogP contribution in [0.4, 0.5) is 0 Å². The van der Waals surface area contributed by atoms with Crippen molar-refractivity contribution in [2.75, 3.05) is 6.61 Å². The Balaban J connectivity index is 1.57. The zero-order chi connectivity index (χ0) is 19.1. The van der Waals surface area contributed by atoms with Gasteiger partial charge in [0.1, 0.15) is 11.8 Å². The standard InChI is InChI=1S/C20H17N5O2/c1-15(16-6-8-18(9-7-16)25-11-10-22-14-25)23-24-20(26)13-27-19-5-3-2-4-17(19)12-21/h2-11,14H,13H2,1H3,(H,24,26). The first-order valence-corrected chi connectivity index (χ1v) is 8.21. The van der Waals surface area contributed by atoms with Crippen molar-refractivity contribution in [1.29, 1.82) is 5.26 Å². The number of amides is 1. The third kappa shape index (κ3) is 4.58. The molecule has 3 aromatic rings. The summed E-state index contributed by atoms with van der Waals surface area (Å²) in [7, 11) is 0. The van der Waals surface area contributed by atoms with E-state index in [1.165, 1.54) is 0 Å². The number of carbonyl (C=O) groups is 1. The van der Waals surface area contributed by atoms with Crippen LogP contribution in [-0.4, -0.2) is 27.8 Å². The molecule has 0 radical (unpaired) electrons. The first-order chi connectivity index (χ1) is 13.2. The number of ether oxygens (including phenoxy) is 1. The maximum Gasteiger partial charge on any atom is 0.277 e. The highest BCUT2D eigenvalue weighted by molar-refractivity contribution is 5.99. The molecular weight excluding hydrogens is 342 g/mol. The third-order valence-electron chi connectivity index (χ3n) is 3.80. The number of aromatic nitrogens is 2. The number of nitriles is 1. The van der Waals surface area contributed by atoms with Crippen molar-refractivity contribution >= 4 is 11.6 Å². The number of hydrazone groups is 1. The van der Waals surface area contributed by atoms with E-state index in [-0.39, 0.29) is 6.61 Å². The fourth-order valence-corrected chi connectivity index (χ4v) is 2.36. The lowest BCUT2D eigenvalue weighted by Gasteiger charge is -2.07. The maximum absolute atomic E-state index is 11.9. The monoisotopic (exact) mass is 359 g/mol. The number of nitrogens with zero attached hydrogens (tertiary/aromatic N) is 4. The van der Waals surface area contributed by atoms with Gasteiger partial charge in [0, 0.05) is 18.1 Å². The van der Waals surface area contributed by atoms with Crippen molar-refractivity contribution in [1.82, 2.24) is 15.0 Å². The van der Waals surface area contributed by atoms with E-state index in [0.29, 0.717) is 17.0 Å². The Bertz CT molecular complexity index is 986. The summed E-state index contributed by atoms with van der Waals surface area (Å²) in [5, 5.41) is 13.1. The molecule has 1 aromatic heterocycles. The van der Waals surface area contributed by atoms with Gasteiger partial charge in [-0.25, -0.2) is 10.4 Å². The summed E-state index contributed by atoms with van der Waals surface area (Å²) in [5.41, 5.74) is 5.37. The lowest BCUT2D eigenvalue weighted by molar-refractivity contribution is -0.123. The average molecular weight is 359 g/mol. The van der Waals surface area contributed by atoms with Crippen molar-refractivity contribution in [2.45, 2.75) is 6.92 Å². The van der Waals surface area contributed by atoms with Gasteiger partial charge in [-0.1, -0.05) is 24.3 Å². The summed E-state index contributed by atoms with van der Waals surface area (Å²) < 4.78 is 7.27. The second-order valence-electron chi connectivity index (χ2n) is 5.65. The predicted molar refractivity (Wildman–Crippen MR) is 101 cm³/mol. The van der Waals surface area contributed by atoms with Gasteiger partial charge in [-0.05, 0) is 36.8 Å². The highest BCUT2D eigenvalue weighted by atomic mass is 16.5. The zero-order valence-corrected chi connectivity index (χ0v) is 14.7. The van der Waals surface area contributed by atoms with E-state index in [9.17, 15) is 4.79 Å². The molecule has 2 aromatic carbocycles. The predicted octanol–water partition coefficient (Wildman–Crippen LogP) is 2.66. The van der Waals surface area contributed by atoms with E-state index < -0.39 is 5.91 Å². The number of hydrogen-bond acceptors (Lipinski definition) is 5. The minimum atomic E-state index is -0.405. The molecule has 0 saturated heterocycles. The fraction of sp³-hybridized carbons (Fsp3) is 0.100. The van der Waals surface area contributed by atoms with E-state index in [0.717, 1.165) is 11.3 Å². The van der Waals surface area contributed by atoms with Gasteiger partial charge in [-0.2, -0.15) is 10.4 Å². The first-order valence-electron chi connectivity index (χ1n) is 8.21. The van der Waals surface area contributed by atoms with Crippen LogP contribution in [-0.2, 0) is 4.79 Å². The van der Waals surface area contributed by atoms with Gasteiger partial charge >= 0.3 is 0 Å². The maximum atomic E-state index is 11.9. The fourth-order valence-electron chi connectivity index (χ4n) is 2.36. The van der Waals surface area contributed by atoms with Gasteiger partial charge in [-0.3, -0.25) is 4.79 Å². The summed E-state index contributed by atoms with van der Waals surface area (Å²) in [6, 6.07) is 16.5. The molecule has 0 unspecified atom stereocenters. The molecule has 0 aliphatic carbocycles. The molecule has 7 nitrogen and oxygen atoms in total. The summed E-state index contributed by atoms with van der Waals surface area (Å²) in [5.74, 6) is -0.0388. The van der Waals surface area contributed by atoms with Gasteiger partial charge in [0.25, 0.3) is 5.91 Å². The van der Waals surface area contributed by atoms with Crippen molar-refractivity contribution in [3.63, 3.8) is 0 Å². The zero-order valence-electron chi connectivity index (χ0n) is 14.7. The van der Waals surface area contributed by atoms with Crippen molar-refractivity contribution in [2.24, 2.45) is 5.10 Å². The smallest absolute Gasteiger partial charge is 0.277 e. The van der Waals surface area contributed by atoms with Crippen LogP contribution >= 0.6 is 0 Å². The van der Waals surface area contributed by atoms with Gasteiger partial charge in [0.2, 0.25) is 0 Å². The number of rotatable bonds is 6. The van der Waals surface area contributed by atoms with E-state index in [4.69, 9.17) is 10.00 Å². The third-order valence-corrected chi connectivity index (χ3v) is 3.80.